The molecule has 0 aliphatic heterocycles. The number of hydrogen-bond donors (Lipinski definition) is 2. The highest BCUT2D eigenvalue weighted by molar-refractivity contribution is 5.74. The summed E-state index contributed by atoms with van der Waals surface area (Å²) in [5.41, 5.74) is 2.51. The van der Waals surface area contributed by atoms with Gasteiger partial charge in [-0.05, 0) is 12.5 Å². The average molecular weight is 302 g/mol. The number of nitrogens with one attached hydrogen (secondary N) is 1. The van der Waals surface area contributed by atoms with Crippen molar-refractivity contribution in [3.8, 4) is 5.75 Å². The lowest BCUT2D eigenvalue weighted by Gasteiger charge is -2.08. The Morgan fingerprint density at radius 3 is 2.73 bits per heavy atom. The van der Waals surface area contributed by atoms with Crippen molar-refractivity contribution in [2.75, 3.05) is 26.1 Å². The molecule has 2 heterocycles. The zero-order chi connectivity index (χ0) is 16.5. The van der Waals surface area contributed by atoms with E-state index >= 15 is 0 Å². The quantitative estimate of drug-likeness (QED) is 0.831. The van der Waals surface area contributed by atoms with Gasteiger partial charge in [-0.2, -0.15) is 5.10 Å². The van der Waals surface area contributed by atoms with Crippen LogP contribution < -0.4 is 5.32 Å². The van der Waals surface area contributed by atoms with E-state index in [2.05, 4.69) is 33.3 Å². The number of aromatic nitrogens is 3. The van der Waals surface area contributed by atoms with Gasteiger partial charge in [-0.15, -0.1) is 0 Å². The summed E-state index contributed by atoms with van der Waals surface area (Å²) < 4.78 is 5.85. The van der Waals surface area contributed by atoms with Gasteiger partial charge in [0.05, 0.1) is 6.20 Å². The number of allylic oxidation sites excluding steroid dienone is 2. The zero-order valence-corrected chi connectivity index (χ0v) is 13.2. The van der Waals surface area contributed by atoms with E-state index in [1.165, 1.54) is 6.33 Å². The summed E-state index contributed by atoms with van der Waals surface area (Å²) in [6.07, 6.45) is 8.35. The molecule has 0 aliphatic carbocycles. The molecule has 118 valence electrons. The molecular formula is C16H22N4O2. The molecule has 2 aromatic rings. The maximum absolute atomic E-state index is 9.72. The van der Waals surface area contributed by atoms with Gasteiger partial charge in [0.1, 0.15) is 17.6 Å². The summed E-state index contributed by atoms with van der Waals surface area (Å²) in [6, 6.07) is 0. The summed E-state index contributed by atoms with van der Waals surface area (Å²) in [5.74, 6) is 0.874. The van der Waals surface area contributed by atoms with Gasteiger partial charge in [0.25, 0.3) is 0 Å². The van der Waals surface area contributed by atoms with E-state index in [0.29, 0.717) is 12.4 Å². The van der Waals surface area contributed by atoms with Crippen LogP contribution in [0.2, 0.25) is 0 Å². The van der Waals surface area contributed by atoms with Crippen molar-refractivity contribution < 1.29 is 9.84 Å². The van der Waals surface area contributed by atoms with Gasteiger partial charge >= 0.3 is 0 Å². The molecule has 0 saturated heterocycles. The van der Waals surface area contributed by atoms with E-state index in [-0.39, 0.29) is 5.75 Å². The van der Waals surface area contributed by atoms with Crippen LogP contribution in [0.1, 0.15) is 5.56 Å². The van der Waals surface area contributed by atoms with Crippen molar-refractivity contribution >= 4 is 11.3 Å². The number of fused-ring (bicyclic) bond motifs is 1. The Kier molecular flexibility index (Phi) is 6.85. The number of hydrogen-bond acceptors (Lipinski definition) is 5. The number of methoxy groups -OCH3 is 1. The first-order valence-electron chi connectivity index (χ1n) is 6.68. The van der Waals surface area contributed by atoms with Crippen LogP contribution in [0.25, 0.3) is 5.52 Å². The predicted octanol–water partition coefficient (Wildman–Crippen LogP) is 2.72. The van der Waals surface area contributed by atoms with Gasteiger partial charge in [0.15, 0.2) is 5.82 Å². The maximum atomic E-state index is 9.72. The minimum absolute atomic E-state index is 0.203. The minimum Gasteiger partial charge on any atom is -0.506 e. The maximum Gasteiger partial charge on any atom is 0.154 e. The SMILES string of the molecule is C=C/C=C(\C=C)CNc1ncnn2cc(O)c(C)c12.COC. The molecule has 6 nitrogen and oxygen atoms in total. The number of anilines is 1. The van der Waals surface area contributed by atoms with Crippen molar-refractivity contribution in [1.29, 1.82) is 0 Å². The molecule has 2 N–H and O–H groups in total. The first-order chi connectivity index (χ1) is 10.6. The highest BCUT2D eigenvalue weighted by Gasteiger charge is 2.11. The van der Waals surface area contributed by atoms with Crippen LogP contribution in [-0.2, 0) is 4.74 Å². The Bertz CT molecular complexity index is 674. The number of rotatable bonds is 5. The predicted molar refractivity (Wildman–Crippen MR) is 89.3 cm³/mol. The highest BCUT2D eigenvalue weighted by atomic mass is 16.4. The van der Waals surface area contributed by atoms with E-state index in [1.807, 2.05) is 13.0 Å². The standard InChI is InChI=1S/C14H16N4O.C2H6O/c1-4-6-11(5-2)7-15-14-13-10(3)12(19)8-18(13)17-9-16-14;1-3-2/h4-6,8-9,19H,1-2,7H2,3H3,(H,15,16,17);1-2H3/b11-6+;. The van der Waals surface area contributed by atoms with E-state index in [9.17, 15) is 5.11 Å². The summed E-state index contributed by atoms with van der Waals surface area (Å²) in [5, 5.41) is 17.0. The van der Waals surface area contributed by atoms with Crippen molar-refractivity contribution in [2.24, 2.45) is 0 Å². The molecular weight excluding hydrogens is 280 g/mol. The normalized spacial score (nSPS) is 10.8. The van der Waals surface area contributed by atoms with Gasteiger partial charge in [0, 0.05) is 26.3 Å². The Balaban J connectivity index is 0.000000745. The van der Waals surface area contributed by atoms with Gasteiger partial charge in [-0.25, -0.2) is 9.50 Å². The lowest BCUT2D eigenvalue weighted by atomic mass is 10.2. The third-order valence-electron chi connectivity index (χ3n) is 2.85. The van der Waals surface area contributed by atoms with E-state index in [0.717, 1.165) is 16.7 Å². The molecule has 0 radical (unpaired) electrons. The Morgan fingerprint density at radius 2 is 2.14 bits per heavy atom. The Labute approximate surface area is 130 Å². The van der Waals surface area contributed by atoms with Crippen LogP contribution in [0.4, 0.5) is 5.82 Å². The second kappa shape index (κ2) is 8.63. The third kappa shape index (κ3) is 4.20. The van der Waals surface area contributed by atoms with Crippen molar-refractivity contribution in [1.82, 2.24) is 14.6 Å². The molecule has 0 unspecified atom stereocenters. The van der Waals surface area contributed by atoms with Crippen LogP contribution in [0, 0.1) is 6.92 Å². The monoisotopic (exact) mass is 302 g/mol. The van der Waals surface area contributed by atoms with Crippen LogP contribution in [-0.4, -0.2) is 40.5 Å². The first kappa shape index (κ1) is 17.5. The summed E-state index contributed by atoms with van der Waals surface area (Å²) in [6.45, 7) is 9.80. The van der Waals surface area contributed by atoms with Crippen molar-refractivity contribution in [3.63, 3.8) is 0 Å². The number of ether oxygens (including phenoxy) is 1. The molecule has 0 atom stereocenters. The molecule has 2 aromatic heterocycles. The second-order valence-corrected chi connectivity index (χ2v) is 4.48. The van der Waals surface area contributed by atoms with Gasteiger partial charge in [0.2, 0.25) is 0 Å². The second-order valence-electron chi connectivity index (χ2n) is 4.48. The van der Waals surface area contributed by atoms with E-state index < -0.39 is 0 Å². The largest absolute Gasteiger partial charge is 0.506 e. The van der Waals surface area contributed by atoms with Crippen LogP contribution in [0.3, 0.4) is 0 Å². The summed E-state index contributed by atoms with van der Waals surface area (Å²) in [7, 11) is 3.25. The Hall–Kier alpha value is -2.60. The van der Waals surface area contributed by atoms with E-state index in [1.54, 1.807) is 37.1 Å². The lowest BCUT2D eigenvalue weighted by Crippen LogP contribution is -2.07. The van der Waals surface area contributed by atoms with Gasteiger partial charge < -0.3 is 15.2 Å². The average Bonchev–Trinajstić information content (AvgIpc) is 2.80. The van der Waals surface area contributed by atoms with Crippen molar-refractivity contribution in [2.45, 2.75) is 6.92 Å². The summed E-state index contributed by atoms with van der Waals surface area (Å²) >= 11 is 0. The molecule has 0 amide bonds. The molecule has 0 fully saturated rings. The first-order valence-corrected chi connectivity index (χ1v) is 6.68. The zero-order valence-electron chi connectivity index (χ0n) is 13.2. The molecule has 0 saturated carbocycles. The topological polar surface area (TPSA) is 71.7 Å². The molecule has 0 bridgehead atoms. The number of aromatic hydroxyl groups is 1. The number of aryl methyl sites for hydroxylation is 1. The smallest absolute Gasteiger partial charge is 0.154 e. The summed E-state index contributed by atoms with van der Waals surface area (Å²) in [4.78, 5) is 4.21. The van der Waals surface area contributed by atoms with Crippen LogP contribution >= 0.6 is 0 Å². The van der Waals surface area contributed by atoms with E-state index in [4.69, 9.17) is 0 Å². The number of nitrogens with zero attached hydrogens (tertiary/aromatic N) is 3. The van der Waals surface area contributed by atoms with Gasteiger partial charge in [-0.1, -0.05) is 31.4 Å². The lowest BCUT2D eigenvalue weighted by molar-refractivity contribution is 0.277. The van der Waals surface area contributed by atoms with Gasteiger partial charge in [-0.3, -0.25) is 0 Å². The third-order valence-corrected chi connectivity index (χ3v) is 2.85. The molecule has 22 heavy (non-hydrogen) atoms. The Morgan fingerprint density at radius 1 is 1.45 bits per heavy atom. The molecule has 0 aliphatic rings. The fourth-order valence-corrected chi connectivity index (χ4v) is 1.81. The van der Waals surface area contributed by atoms with Crippen LogP contribution in [0.15, 0.2) is 49.5 Å². The van der Waals surface area contributed by atoms with Crippen molar-refractivity contribution in [3.05, 3.63) is 55.0 Å². The molecule has 0 aromatic carbocycles. The molecule has 2 rings (SSSR count). The molecule has 0 spiro atoms. The van der Waals surface area contributed by atoms with Crippen LogP contribution in [0.5, 0.6) is 5.75 Å². The highest BCUT2D eigenvalue weighted by Crippen LogP contribution is 2.26. The minimum atomic E-state index is 0.203. The fourth-order valence-electron chi connectivity index (χ4n) is 1.81. The fraction of sp³-hybridized carbons (Fsp3) is 0.250. The molecule has 6 heteroatoms.